The van der Waals surface area contributed by atoms with Crippen molar-refractivity contribution < 1.29 is 28.9 Å². The standard InChI is InChI=1S/C63H62N3O.Pt/c1-39(2)46-30-47(40(3)4)32-49(31-46)44-25-26-57(41(5)29-44)66-58-24-18-23-53(59(58)65-61(66)54-37-52(62(6,7)8)38-55(60(54)67)63(9,10)11)50-33-48(43-21-16-13-17-22-43)34-51(35-50)56-36-45(27-28-64-56)42-19-14-12-15-20-42;/h12-34,36-40,67H,1-11H3;/q-1;/i39D,40D;. The van der Waals surface area contributed by atoms with E-state index in [1.165, 1.54) is 0 Å². The van der Waals surface area contributed by atoms with E-state index in [1.54, 1.807) is 0 Å². The van der Waals surface area contributed by atoms with Gasteiger partial charge < -0.3 is 5.11 Å². The van der Waals surface area contributed by atoms with Gasteiger partial charge in [-0.05, 0) is 110 Å². The SMILES string of the molecule is [2H]C(C)(C)c1cc(-c2ccc(-n3c(-c4cc(C(C)(C)C)cc(C(C)(C)C)c4O)nc4c(-c5[c-]c(-c6cc(-c7ccccc7)ccn6)cc(-c6ccccc6)c5)cccc43)c(C)c2)cc(C([2H])(C)C)c1.[Pt]. The fourth-order valence-corrected chi connectivity index (χ4v) is 9.05. The van der Waals surface area contributed by atoms with Crippen LogP contribution >= 0.6 is 0 Å². The maximum absolute atomic E-state index is 12.5. The minimum atomic E-state index is -0.843. The minimum absolute atomic E-state index is 0. The first-order valence-corrected chi connectivity index (χ1v) is 23.4. The molecule has 68 heavy (non-hydrogen) atoms. The number of fused-ring (bicyclic) bond motifs is 1. The summed E-state index contributed by atoms with van der Waals surface area (Å²) in [7, 11) is 0. The predicted octanol–water partition coefficient (Wildman–Crippen LogP) is 17.1. The molecule has 0 aliphatic heterocycles. The molecule has 346 valence electrons. The molecule has 4 nitrogen and oxygen atoms in total. The summed E-state index contributed by atoms with van der Waals surface area (Å²) >= 11 is 0. The summed E-state index contributed by atoms with van der Waals surface area (Å²) in [6.07, 6.45) is 1.87. The Morgan fingerprint density at radius 1 is 0.574 bits per heavy atom. The molecule has 0 saturated carbocycles. The molecule has 9 rings (SSSR count). The van der Waals surface area contributed by atoms with E-state index < -0.39 is 11.8 Å². The molecular weight excluding hydrogens is 1010 g/mol. The molecule has 0 amide bonds. The van der Waals surface area contributed by atoms with Crippen molar-refractivity contribution in [1.82, 2.24) is 14.5 Å². The number of benzene rings is 7. The van der Waals surface area contributed by atoms with Crippen LogP contribution in [0, 0.1) is 13.0 Å². The van der Waals surface area contributed by atoms with Crippen molar-refractivity contribution in [2.45, 2.75) is 98.8 Å². The molecule has 0 aliphatic rings. The van der Waals surface area contributed by atoms with Gasteiger partial charge in [0.1, 0.15) is 11.6 Å². The summed E-state index contributed by atoms with van der Waals surface area (Å²) in [4.78, 5) is 10.5. The summed E-state index contributed by atoms with van der Waals surface area (Å²) in [5.74, 6) is -0.836. The van der Waals surface area contributed by atoms with E-state index in [4.69, 9.17) is 12.7 Å². The fraction of sp³-hybridized carbons (Fsp3) is 0.238. The number of hydrogen-bond acceptors (Lipinski definition) is 3. The molecule has 1 N–H and O–H groups in total. The Morgan fingerprint density at radius 3 is 1.78 bits per heavy atom. The van der Waals surface area contributed by atoms with Crippen LogP contribution in [0.4, 0.5) is 0 Å². The molecule has 0 aliphatic carbocycles. The van der Waals surface area contributed by atoms with Crippen LogP contribution in [0.1, 0.15) is 112 Å². The van der Waals surface area contributed by atoms with Gasteiger partial charge in [-0.1, -0.05) is 195 Å². The number of hydrogen-bond donors (Lipinski definition) is 1. The van der Waals surface area contributed by atoms with Crippen LogP contribution in [0.2, 0.25) is 0 Å². The molecule has 2 aromatic heterocycles. The number of aryl methyl sites for hydroxylation is 1. The summed E-state index contributed by atoms with van der Waals surface area (Å²) in [5.41, 5.74) is 17.1. The third-order valence-corrected chi connectivity index (χ3v) is 13.0. The van der Waals surface area contributed by atoms with E-state index in [1.807, 2.05) is 58.2 Å². The number of phenols is 1. The van der Waals surface area contributed by atoms with Gasteiger partial charge >= 0.3 is 0 Å². The molecule has 2 heterocycles. The van der Waals surface area contributed by atoms with Crippen molar-refractivity contribution in [3.8, 4) is 78.6 Å². The fourth-order valence-electron chi connectivity index (χ4n) is 9.05. The van der Waals surface area contributed by atoms with E-state index in [0.717, 1.165) is 100 Å². The topological polar surface area (TPSA) is 50.9 Å². The summed E-state index contributed by atoms with van der Waals surface area (Å²) in [6, 6.07) is 56.4. The largest absolute Gasteiger partial charge is 0.507 e. The van der Waals surface area contributed by atoms with Crippen molar-refractivity contribution >= 4 is 11.0 Å². The van der Waals surface area contributed by atoms with Crippen LogP contribution < -0.4 is 0 Å². The van der Waals surface area contributed by atoms with Crippen LogP contribution in [0.25, 0.3) is 83.9 Å². The van der Waals surface area contributed by atoms with E-state index in [2.05, 4.69) is 186 Å². The smallest absolute Gasteiger partial charge is 0.148 e. The molecule has 0 atom stereocenters. The van der Waals surface area contributed by atoms with Gasteiger partial charge in [0.25, 0.3) is 0 Å². The van der Waals surface area contributed by atoms with Crippen molar-refractivity contribution in [3.63, 3.8) is 0 Å². The Bertz CT molecular complexity index is 3350. The molecule has 0 radical (unpaired) electrons. The second kappa shape index (κ2) is 19.0. The van der Waals surface area contributed by atoms with Crippen molar-refractivity contribution in [2.24, 2.45) is 0 Å². The molecule has 9 aromatic rings. The average Bonchev–Trinajstić information content (AvgIpc) is 3.70. The normalized spacial score (nSPS) is 12.7. The van der Waals surface area contributed by atoms with E-state index >= 15 is 0 Å². The summed E-state index contributed by atoms with van der Waals surface area (Å²) < 4.78 is 20.1. The molecule has 0 saturated heterocycles. The van der Waals surface area contributed by atoms with Gasteiger partial charge in [-0.25, -0.2) is 4.98 Å². The number of nitrogens with zero attached hydrogens (tertiary/aromatic N) is 3. The zero-order chi connectivity index (χ0) is 49.2. The quantitative estimate of drug-likeness (QED) is 0.147. The molecular formula is C63H62N3OPt-. The van der Waals surface area contributed by atoms with Gasteiger partial charge in [-0.15, -0.1) is 23.8 Å². The van der Waals surface area contributed by atoms with Gasteiger partial charge in [-0.3, -0.25) is 9.55 Å². The van der Waals surface area contributed by atoms with Gasteiger partial charge in [0.05, 0.1) is 22.3 Å². The first-order chi connectivity index (χ1) is 32.5. The Balaban J connectivity index is 0.00000659. The third-order valence-electron chi connectivity index (χ3n) is 13.0. The first-order valence-electron chi connectivity index (χ1n) is 24.4. The molecule has 5 heteroatoms. The van der Waals surface area contributed by atoms with Crippen LogP contribution in [0.5, 0.6) is 5.75 Å². The van der Waals surface area contributed by atoms with E-state index in [9.17, 15) is 5.11 Å². The van der Waals surface area contributed by atoms with Crippen molar-refractivity contribution in [1.29, 1.82) is 0 Å². The summed E-state index contributed by atoms with van der Waals surface area (Å²) in [6.45, 7) is 22.8. The maximum Gasteiger partial charge on any atom is 0.148 e. The zero-order valence-corrected chi connectivity index (χ0v) is 43.4. The maximum atomic E-state index is 12.5. The number of aromatic nitrogens is 3. The second-order valence-corrected chi connectivity index (χ2v) is 20.5. The monoisotopic (exact) mass is 1070 g/mol. The minimum Gasteiger partial charge on any atom is -0.507 e. The van der Waals surface area contributed by atoms with Crippen molar-refractivity contribution in [3.05, 3.63) is 192 Å². The number of rotatable bonds is 9. The van der Waals surface area contributed by atoms with Crippen LogP contribution in [-0.2, 0) is 31.9 Å². The van der Waals surface area contributed by atoms with E-state index in [0.29, 0.717) is 11.4 Å². The number of para-hydroxylation sites is 1. The van der Waals surface area contributed by atoms with E-state index in [-0.39, 0.29) is 37.6 Å². The molecule has 0 spiro atoms. The molecule has 7 aromatic carbocycles. The number of imidazole rings is 1. The van der Waals surface area contributed by atoms with Crippen molar-refractivity contribution in [2.75, 3.05) is 0 Å². The van der Waals surface area contributed by atoms with Crippen LogP contribution in [0.15, 0.2) is 158 Å². The Morgan fingerprint density at radius 2 is 1.18 bits per heavy atom. The Kier molecular flexibility index (Phi) is 12.7. The second-order valence-electron chi connectivity index (χ2n) is 20.5. The summed E-state index contributed by atoms with van der Waals surface area (Å²) in [5, 5.41) is 12.5. The predicted molar refractivity (Wildman–Crippen MR) is 282 cm³/mol. The zero-order valence-electron chi connectivity index (χ0n) is 43.1. The van der Waals surface area contributed by atoms with Gasteiger partial charge in [0, 0.05) is 41.3 Å². The van der Waals surface area contributed by atoms with Crippen LogP contribution in [-0.4, -0.2) is 19.6 Å². The Labute approximate surface area is 421 Å². The molecule has 0 bridgehead atoms. The first kappa shape index (κ1) is 45.4. The number of phenolic OH excluding ortho intramolecular Hbond substituents is 1. The number of pyridine rings is 1. The van der Waals surface area contributed by atoms with Gasteiger partial charge in [-0.2, -0.15) is 0 Å². The number of aromatic hydroxyl groups is 1. The van der Waals surface area contributed by atoms with Crippen LogP contribution in [0.3, 0.4) is 0 Å². The van der Waals surface area contributed by atoms with Gasteiger partial charge in [0.15, 0.2) is 0 Å². The average molecular weight is 1070 g/mol. The van der Waals surface area contributed by atoms with Gasteiger partial charge in [0.2, 0.25) is 0 Å². The molecule has 0 fully saturated rings. The Hall–Kier alpha value is -6.35. The third kappa shape index (κ3) is 9.54. The molecule has 0 unspecified atom stereocenters.